The van der Waals surface area contributed by atoms with Crippen LogP contribution in [-0.2, 0) is 4.79 Å². The molecular weight excluding hydrogens is 344 g/mol. The number of anilines is 2. The molecule has 1 aromatic carbocycles. The zero-order valence-electron chi connectivity index (χ0n) is 17.0. The van der Waals surface area contributed by atoms with Crippen LogP contribution in [0.3, 0.4) is 0 Å². The van der Waals surface area contributed by atoms with Crippen molar-refractivity contribution in [1.29, 1.82) is 0 Å². The molecule has 3 amide bonds. The fourth-order valence-corrected chi connectivity index (χ4v) is 3.17. The molecule has 0 aliphatic carbocycles. The smallest absolute Gasteiger partial charge is 0.321 e. The highest BCUT2D eigenvalue weighted by Gasteiger charge is 2.37. The first-order valence-corrected chi connectivity index (χ1v) is 9.43. The minimum absolute atomic E-state index is 0.0262. The minimum atomic E-state index is -1.17. The number of amides is 3. The minimum Gasteiger partial charge on any atom is -0.387 e. The molecule has 0 spiro atoms. The fraction of sp³-hybridized carbons (Fsp3) is 0.600. The maximum Gasteiger partial charge on any atom is 0.321 e. The average molecular weight is 377 g/mol. The summed E-state index contributed by atoms with van der Waals surface area (Å²) in [6.07, 6.45) is 1.21. The zero-order valence-corrected chi connectivity index (χ0v) is 17.0. The maximum absolute atomic E-state index is 12.7. The molecule has 1 aliphatic rings. The monoisotopic (exact) mass is 376 g/mol. The molecule has 7 nitrogen and oxygen atoms in total. The summed E-state index contributed by atoms with van der Waals surface area (Å²) >= 11 is 0. The SMILES string of the molecule is CC(C)N(C)c1cccc(NC(=O)N2CCCC(O)(CC(=O)N(C)C)C2)c1. The lowest BCUT2D eigenvalue weighted by atomic mass is 9.89. The molecule has 2 rings (SSSR count). The van der Waals surface area contributed by atoms with E-state index >= 15 is 0 Å². The molecule has 0 aromatic heterocycles. The number of nitrogens with one attached hydrogen (secondary N) is 1. The molecule has 1 aromatic rings. The number of likely N-dealkylation sites (tertiary alicyclic amines) is 1. The standard InChI is InChI=1S/C20H32N4O3/c1-15(2)23(5)17-9-6-8-16(12-17)21-19(26)24-11-7-10-20(27,14-24)13-18(25)22(3)4/h6,8-9,12,15,27H,7,10-11,13-14H2,1-5H3,(H,21,26). The maximum atomic E-state index is 12.7. The van der Waals surface area contributed by atoms with E-state index < -0.39 is 5.60 Å². The third kappa shape index (κ3) is 5.60. The van der Waals surface area contributed by atoms with Crippen LogP contribution >= 0.6 is 0 Å². The Morgan fingerprint density at radius 2 is 2.00 bits per heavy atom. The van der Waals surface area contributed by atoms with Gasteiger partial charge in [0.1, 0.15) is 0 Å². The number of aliphatic hydroxyl groups is 1. The number of nitrogens with zero attached hydrogens (tertiary/aromatic N) is 3. The number of urea groups is 1. The Hall–Kier alpha value is -2.28. The van der Waals surface area contributed by atoms with Crippen LogP contribution in [0.25, 0.3) is 0 Å². The number of hydrogen-bond acceptors (Lipinski definition) is 4. The lowest BCUT2D eigenvalue weighted by Gasteiger charge is -2.39. The van der Waals surface area contributed by atoms with Crippen molar-refractivity contribution in [3.8, 4) is 0 Å². The van der Waals surface area contributed by atoms with Gasteiger partial charge in [-0.2, -0.15) is 0 Å². The summed E-state index contributed by atoms with van der Waals surface area (Å²) in [4.78, 5) is 29.8. The van der Waals surface area contributed by atoms with Crippen molar-refractivity contribution in [3.05, 3.63) is 24.3 Å². The van der Waals surface area contributed by atoms with Gasteiger partial charge >= 0.3 is 6.03 Å². The molecule has 27 heavy (non-hydrogen) atoms. The van der Waals surface area contributed by atoms with Gasteiger partial charge in [0.05, 0.1) is 18.6 Å². The van der Waals surface area contributed by atoms with E-state index in [1.54, 1.807) is 19.0 Å². The number of hydrogen-bond donors (Lipinski definition) is 2. The Kier molecular flexibility index (Phi) is 6.70. The van der Waals surface area contributed by atoms with Gasteiger partial charge in [-0.05, 0) is 44.9 Å². The third-order valence-electron chi connectivity index (χ3n) is 5.10. The van der Waals surface area contributed by atoms with Gasteiger partial charge in [-0.1, -0.05) is 6.07 Å². The van der Waals surface area contributed by atoms with Crippen LogP contribution in [-0.4, -0.2) is 72.7 Å². The van der Waals surface area contributed by atoms with Crippen molar-refractivity contribution in [2.75, 3.05) is 44.4 Å². The van der Waals surface area contributed by atoms with E-state index in [0.717, 1.165) is 5.69 Å². The van der Waals surface area contributed by atoms with Gasteiger partial charge in [0.15, 0.2) is 0 Å². The van der Waals surface area contributed by atoms with E-state index in [1.165, 1.54) is 4.90 Å². The van der Waals surface area contributed by atoms with Crippen molar-refractivity contribution in [2.45, 2.75) is 44.8 Å². The highest BCUT2D eigenvalue weighted by atomic mass is 16.3. The molecule has 7 heteroatoms. The number of carbonyl (C=O) groups excluding carboxylic acids is 2. The molecular formula is C20H32N4O3. The van der Waals surface area contributed by atoms with Crippen molar-refractivity contribution < 1.29 is 14.7 Å². The van der Waals surface area contributed by atoms with Crippen molar-refractivity contribution in [3.63, 3.8) is 0 Å². The predicted octanol–water partition coefficient (Wildman–Crippen LogP) is 2.37. The molecule has 1 saturated heterocycles. The number of rotatable bonds is 5. The van der Waals surface area contributed by atoms with Crippen LogP contribution < -0.4 is 10.2 Å². The van der Waals surface area contributed by atoms with Gasteiger partial charge < -0.3 is 25.1 Å². The lowest BCUT2D eigenvalue weighted by molar-refractivity contribution is -0.135. The Bertz CT molecular complexity index is 677. The summed E-state index contributed by atoms with van der Waals surface area (Å²) < 4.78 is 0. The predicted molar refractivity (Wildman–Crippen MR) is 108 cm³/mol. The molecule has 0 saturated carbocycles. The second kappa shape index (κ2) is 8.61. The summed E-state index contributed by atoms with van der Waals surface area (Å²) in [5.41, 5.74) is 0.564. The zero-order chi connectivity index (χ0) is 20.2. The molecule has 0 radical (unpaired) electrons. The number of β-amino-alcohol motifs (C(OH)–C–C–N with tert-alkyl or cyclic N) is 1. The molecule has 150 valence electrons. The molecule has 1 unspecified atom stereocenters. The quantitative estimate of drug-likeness (QED) is 0.827. The normalized spacial score (nSPS) is 19.7. The highest BCUT2D eigenvalue weighted by molar-refractivity contribution is 5.90. The van der Waals surface area contributed by atoms with Crippen molar-refractivity contribution >= 4 is 23.3 Å². The number of benzene rings is 1. The van der Waals surface area contributed by atoms with Gasteiger partial charge in [0, 0.05) is 45.1 Å². The second-order valence-corrected chi connectivity index (χ2v) is 7.90. The second-order valence-electron chi connectivity index (χ2n) is 7.90. The van der Waals surface area contributed by atoms with Gasteiger partial charge in [-0.25, -0.2) is 4.79 Å². The van der Waals surface area contributed by atoms with Gasteiger partial charge in [-0.15, -0.1) is 0 Å². The number of carbonyl (C=O) groups is 2. The molecule has 2 N–H and O–H groups in total. The molecule has 0 bridgehead atoms. The van der Waals surface area contributed by atoms with E-state index in [4.69, 9.17) is 0 Å². The van der Waals surface area contributed by atoms with Gasteiger partial charge in [0.25, 0.3) is 0 Å². The van der Waals surface area contributed by atoms with E-state index in [2.05, 4.69) is 24.1 Å². The van der Waals surface area contributed by atoms with Crippen LogP contribution in [0.4, 0.5) is 16.2 Å². The molecule has 1 atom stereocenters. The first-order chi connectivity index (χ1) is 12.6. The van der Waals surface area contributed by atoms with E-state index in [-0.39, 0.29) is 24.9 Å². The van der Waals surface area contributed by atoms with E-state index in [0.29, 0.717) is 31.1 Å². The highest BCUT2D eigenvalue weighted by Crippen LogP contribution is 2.26. The lowest BCUT2D eigenvalue weighted by Crippen LogP contribution is -2.53. The van der Waals surface area contributed by atoms with Crippen LogP contribution in [0.2, 0.25) is 0 Å². The van der Waals surface area contributed by atoms with Crippen LogP contribution in [0.5, 0.6) is 0 Å². The fourth-order valence-electron chi connectivity index (χ4n) is 3.17. The van der Waals surface area contributed by atoms with Crippen LogP contribution in [0.15, 0.2) is 24.3 Å². The molecule has 1 fully saturated rings. The Morgan fingerprint density at radius 3 is 2.63 bits per heavy atom. The summed E-state index contributed by atoms with van der Waals surface area (Å²) in [5.74, 6) is -0.135. The van der Waals surface area contributed by atoms with Gasteiger partial charge in [0.2, 0.25) is 5.91 Å². The summed E-state index contributed by atoms with van der Waals surface area (Å²) in [6, 6.07) is 7.79. The Labute approximate surface area is 161 Å². The number of piperidine rings is 1. The van der Waals surface area contributed by atoms with Crippen molar-refractivity contribution in [2.24, 2.45) is 0 Å². The summed E-state index contributed by atoms with van der Waals surface area (Å²) in [7, 11) is 5.35. The molecule has 1 heterocycles. The largest absolute Gasteiger partial charge is 0.387 e. The van der Waals surface area contributed by atoms with Crippen LogP contribution in [0, 0.1) is 0 Å². The van der Waals surface area contributed by atoms with E-state index in [1.807, 2.05) is 31.3 Å². The Balaban J connectivity index is 2.03. The third-order valence-corrected chi connectivity index (χ3v) is 5.10. The molecule has 1 aliphatic heterocycles. The summed E-state index contributed by atoms with van der Waals surface area (Å²) in [5, 5.41) is 13.7. The average Bonchev–Trinajstić information content (AvgIpc) is 2.60. The van der Waals surface area contributed by atoms with Gasteiger partial charge in [-0.3, -0.25) is 4.79 Å². The van der Waals surface area contributed by atoms with E-state index in [9.17, 15) is 14.7 Å². The first kappa shape index (κ1) is 21.0. The first-order valence-electron chi connectivity index (χ1n) is 9.43. The van der Waals surface area contributed by atoms with Crippen LogP contribution in [0.1, 0.15) is 33.1 Å². The topological polar surface area (TPSA) is 76.1 Å². The summed E-state index contributed by atoms with van der Waals surface area (Å²) in [6.45, 7) is 4.93. The Morgan fingerprint density at radius 1 is 1.30 bits per heavy atom. The van der Waals surface area contributed by atoms with Crippen molar-refractivity contribution in [1.82, 2.24) is 9.80 Å².